The summed E-state index contributed by atoms with van der Waals surface area (Å²) in [5.74, 6) is -0.0438. The molecule has 3 aromatic rings. The van der Waals surface area contributed by atoms with Gasteiger partial charge in [-0.3, -0.25) is 4.79 Å². The van der Waals surface area contributed by atoms with Crippen molar-refractivity contribution in [3.63, 3.8) is 0 Å². The molecule has 0 saturated carbocycles. The minimum absolute atomic E-state index is 0.207. The molecule has 0 radical (unpaired) electrons. The molecule has 0 aliphatic heterocycles. The van der Waals surface area contributed by atoms with Gasteiger partial charge < -0.3 is 10.6 Å². The van der Waals surface area contributed by atoms with Gasteiger partial charge in [-0.2, -0.15) is 0 Å². The molecular weight excluding hydrogens is 367 g/mol. The van der Waals surface area contributed by atoms with Gasteiger partial charge in [0.25, 0.3) is 5.91 Å². The summed E-state index contributed by atoms with van der Waals surface area (Å²) in [7, 11) is 0. The number of carbonyl (C=O) groups excluding carboxylic acids is 1. The lowest BCUT2D eigenvalue weighted by molar-refractivity contribution is 0.102. The van der Waals surface area contributed by atoms with Crippen molar-refractivity contribution in [1.29, 1.82) is 0 Å². The summed E-state index contributed by atoms with van der Waals surface area (Å²) < 4.78 is 12.9. The zero-order chi connectivity index (χ0) is 19.2. The standard InChI is InChI=1S/C20H18ClFN4O/c1-13-2-5-15(21)10-17(13)26-20(27)18-11-25-19(12-24-18)23-9-8-14-3-6-16(22)7-4-14/h2-7,10-12H,8-9H2,1H3,(H,23,25)(H,26,27). The van der Waals surface area contributed by atoms with Gasteiger partial charge in [0.2, 0.25) is 0 Å². The van der Waals surface area contributed by atoms with E-state index < -0.39 is 0 Å². The lowest BCUT2D eigenvalue weighted by atomic mass is 10.1. The van der Waals surface area contributed by atoms with E-state index in [1.807, 2.05) is 13.0 Å². The maximum atomic E-state index is 12.9. The summed E-state index contributed by atoms with van der Waals surface area (Å²) in [4.78, 5) is 20.7. The normalized spacial score (nSPS) is 10.5. The van der Waals surface area contributed by atoms with Crippen LogP contribution in [0.25, 0.3) is 0 Å². The molecule has 7 heteroatoms. The van der Waals surface area contributed by atoms with Crippen molar-refractivity contribution in [3.8, 4) is 0 Å². The van der Waals surface area contributed by atoms with E-state index in [2.05, 4.69) is 20.6 Å². The van der Waals surface area contributed by atoms with Crippen LogP contribution in [0.2, 0.25) is 5.02 Å². The third-order valence-electron chi connectivity index (χ3n) is 3.97. The summed E-state index contributed by atoms with van der Waals surface area (Å²) in [5.41, 5.74) is 2.76. The Labute approximate surface area is 161 Å². The number of anilines is 2. The van der Waals surface area contributed by atoms with Crippen molar-refractivity contribution in [2.75, 3.05) is 17.2 Å². The van der Waals surface area contributed by atoms with Crippen LogP contribution in [0.4, 0.5) is 15.9 Å². The van der Waals surface area contributed by atoms with E-state index in [1.54, 1.807) is 24.3 Å². The second kappa shape index (κ2) is 8.60. The van der Waals surface area contributed by atoms with E-state index in [9.17, 15) is 9.18 Å². The molecule has 0 spiro atoms. The van der Waals surface area contributed by atoms with Gasteiger partial charge in [-0.1, -0.05) is 29.8 Å². The third-order valence-corrected chi connectivity index (χ3v) is 4.20. The predicted molar refractivity (Wildman–Crippen MR) is 105 cm³/mol. The SMILES string of the molecule is Cc1ccc(Cl)cc1NC(=O)c1cnc(NCCc2ccc(F)cc2)cn1. The minimum atomic E-state index is -0.356. The lowest BCUT2D eigenvalue weighted by Crippen LogP contribution is -2.15. The van der Waals surface area contributed by atoms with Crippen LogP contribution >= 0.6 is 11.6 Å². The number of hydrogen-bond donors (Lipinski definition) is 2. The van der Waals surface area contributed by atoms with Crippen molar-refractivity contribution in [2.45, 2.75) is 13.3 Å². The Kier molecular flexibility index (Phi) is 5.98. The van der Waals surface area contributed by atoms with E-state index in [0.29, 0.717) is 23.1 Å². The summed E-state index contributed by atoms with van der Waals surface area (Å²) >= 11 is 5.96. The Morgan fingerprint density at radius 3 is 2.59 bits per heavy atom. The van der Waals surface area contributed by atoms with Crippen molar-refractivity contribution in [2.24, 2.45) is 0 Å². The highest BCUT2D eigenvalue weighted by Crippen LogP contribution is 2.20. The molecule has 0 atom stereocenters. The van der Waals surface area contributed by atoms with Crippen molar-refractivity contribution < 1.29 is 9.18 Å². The highest BCUT2D eigenvalue weighted by atomic mass is 35.5. The van der Waals surface area contributed by atoms with Gasteiger partial charge in [0, 0.05) is 17.3 Å². The van der Waals surface area contributed by atoms with E-state index in [4.69, 9.17) is 11.6 Å². The van der Waals surface area contributed by atoms with Crippen molar-refractivity contribution in [1.82, 2.24) is 9.97 Å². The summed E-state index contributed by atoms with van der Waals surface area (Å²) in [5, 5.41) is 6.45. The molecular formula is C20H18ClFN4O. The second-order valence-electron chi connectivity index (χ2n) is 6.00. The van der Waals surface area contributed by atoms with E-state index in [-0.39, 0.29) is 17.4 Å². The largest absolute Gasteiger partial charge is 0.368 e. The minimum Gasteiger partial charge on any atom is -0.368 e. The Bertz CT molecular complexity index is 930. The fraction of sp³-hybridized carbons (Fsp3) is 0.150. The average Bonchev–Trinajstić information content (AvgIpc) is 2.67. The monoisotopic (exact) mass is 384 g/mol. The Morgan fingerprint density at radius 1 is 1.11 bits per heavy atom. The number of amides is 1. The summed E-state index contributed by atoms with van der Waals surface area (Å²) in [6.45, 7) is 2.50. The van der Waals surface area contributed by atoms with E-state index in [1.165, 1.54) is 24.5 Å². The van der Waals surface area contributed by atoms with Crippen LogP contribution in [0.1, 0.15) is 21.6 Å². The van der Waals surface area contributed by atoms with Crippen molar-refractivity contribution >= 4 is 29.0 Å². The number of nitrogens with one attached hydrogen (secondary N) is 2. The molecule has 1 heterocycles. The zero-order valence-corrected chi connectivity index (χ0v) is 15.4. The van der Waals surface area contributed by atoms with Crippen LogP contribution in [0.15, 0.2) is 54.9 Å². The maximum Gasteiger partial charge on any atom is 0.275 e. The highest BCUT2D eigenvalue weighted by molar-refractivity contribution is 6.31. The first kappa shape index (κ1) is 18.8. The first-order valence-corrected chi connectivity index (χ1v) is 8.77. The second-order valence-corrected chi connectivity index (χ2v) is 6.44. The van der Waals surface area contributed by atoms with Gasteiger partial charge in [0.1, 0.15) is 17.3 Å². The maximum absolute atomic E-state index is 12.9. The molecule has 0 saturated heterocycles. The van der Waals surface area contributed by atoms with E-state index >= 15 is 0 Å². The number of nitrogens with zero attached hydrogens (tertiary/aromatic N) is 2. The van der Waals surface area contributed by atoms with Crippen LogP contribution in [0.5, 0.6) is 0 Å². The number of rotatable bonds is 6. The number of aryl methyl sites for hydroxylation is 1. The third kappa shape index (κ3) is 5.24. The van der Waals surface area contributed by atoms with Crippen LogP contribution in [-0.2, 0) is 6.42 Å². The Morgan fingerprint density at radius 2 is 1.89 bits per heavy atom. The van der Waals surface area contributed by atoms with Gasteiger partial charge in [0.15, 0.2) is 0 Å². The van der Waals surface area contributed by atoms with E-state index in [0.717, 1.165) is 17.5 Å². The lowest BCUT2D eigenvalue weighted by Gasteiger charge is -2.09. The summed E-state index contributed by atoms with van der Waals surface area (Å²) in [6, 6.07) is 11.6. The molecule has 5 nitrogen and oxygen atoms in total. The van der Waals surface area contributed by atoms with Gasteiger partial charge in [0.05, 0.1) is 12.4 Å². The number of carbonyl (C=O) groups is 1. The fourth-order valence-corrected chi connectivity index (χ4v) is 2.61. The van der Waals surface area contributed by atoms with Crippen LogP contribution in [-0.4, -0.2) is 22.4 Å². The van der Waals surface area contributed by atoms with Crippen LogP contribution in [0, 0.1) is 12.7 Å². The van der Waals surface area contributed by atoms with Crippen molar-refractivity contribution in [3.05, 3.63) is 82.5 Å². The van der Waals surface area contributed by atoms with Gasteiger partial charge in [-0.15, -0.1) is 0 Å². The number of hydrogen-bond acceptors (Lipinski definition) is 4. The fourth-order valence-electron chi connectivity index (χ4n) is 2.44. The molecule has 0 bridgehead atoms. The molecule has 3 rings (SSSR count). The smallest absolute Gasteiger partial charge is 0.275 e. The summed E-state index contributed by atoms with van der Waals surface area (Å²) in [6.07, 6.45) is 3.64. The Hall–Kier alpha value is -2.99. The van der Waals surface area contributed by atoms with Gasteiger partial charge in [-0.05, 0) is 48.7 Å². The molecule has 0 aliphatic rings. The first-order chi connectivity index (χ1) is 13.0. The highest BCUT2D eigenvalue weighted by Gasteiger charge is 2.10. The Balaban J connectivity index is 1.55. The molecule has 2 aromatic carbocycles. The molecule has 2 N–H and O–H groups in total. The molecule has 1 aromatic heterocycles. The van der Waals surface area contributed by atoms with Crippen LogP contribution in [0.3, 0.4) is 0 Å². The van der Waals surface area contributed by atoms with Gasteiger partial charge >= 0.3 is 0 Å². The number of halogens is 2. The molecule has 27 heavy (non-hydrogen) atoms. The van der Waals surface area contributed by atoms with Gasteiger partial charge in [-0.25, -0.2) is 14.4 Å². The first-order valence-electron chi connectivity index (χ1n) is 8.39. The molecule has 1 amide bonds. The number of aromatic nitrogens is 2. The predicted octanol–water partition coefficient (Wildman–Crippen LogP) is 4.48. The average molecular weight is 385 g/mol. The topological polar surface area (TPSA) is 66.9 Å². The quantitative estimate of drug-likeness (QED) is 0.657. The molecule has 0 unspecified atom stereocenters. The molecule has 0 aliphatic carbocycles. The van der Waals surface area contributed by atoms with Crippen LogP contribution < -0.4 is 10.6 Å². The molecule has 0 fully saturated rings. The molecule has 138 valence electrons. The number of benzene rings is 2. The zero-order valence-electron chi connectivity index (χ0n) is 14.7.